The van der Waals surface area contributed by atoms with E-state index < -0.39 is 35.5 Å². The molecule has 50 heavy (non-hydrogen) atoms. The number of rotatable bonds is 10. The number of aliphatic imine (C=N–C) groups is 1. The van der Waals surface area contributed by atoms with Crippen LogP contribution in [0.5, 0.6) is 5.75 Å². The summed E-state index contributed by atoms with van der Waals surface area (Å²) in [4.78, 5) is 19.4. The molecule has 1 heterocycles. The predicted molar refractivity (Wildman–Crippen MR) is 183 cm³/mol. The van der Waals surface area contributed by atoms with Gasteiger partial charge in [-0.1, -0.05) is 48.9 Å². The highest BCUT2D eigenvalue weighted by Crippen LogP contribution is 2.40. The Hall–Kier alpha value is -4.06. The molecule has 0 unspecified atom stereocenters. The Bertz CT molecular complexity index is 1650. The van der Waals surface area contributed by atoms with Crippen molar-refractivity contribution in [2.75, 3.05) is 13.6 Å². The lowest BCUT2D eigenvalue weighted by molar-refractivity contribution is -0.184. The van der Waals surface area contributed by atoms with Crippen molar-refractivity contribution in [3.05, 3.63) is 93.7 Å². The Morgan fingerprint density at radius 3 is 2.36 bits per heavy atom. The molecule has 0 saturated heterocycles. The Balaban J connectivity index is 1.53. The third-order valence-electron chi connectivity index (χ3n) is 9.38. The SMILES string of the molecule is CC=CC(C(=O)O)=C(N(C)C(C)=NC(=CCC)c1cc(C)ccc1OCc1ccc2c(c1)CCN(C1CCC(C(F)(F)F)CC1)C2)C(F)(F)F. The van der Waals surface area contributed by atoms with Gasteiger partial charge in [0, 0.05) is 31.7 Å². The zero-order chi connectivity index (χ0) is 36.8. The van der Waals surface area contributed by atoms with Crippen LogP contribution >= 0.6 is 0 Å². The minimum Gasteiger partial charge on any atom is -0.488 e. The molecule has 2 aromatic rings. The van der Waals surface area contributed by atoms with Gasteiger partial charge in [-0.3, -0.25) is 4.90 Å². The number of alkyl halides is 6. The number of hydrogen-bond acceptors (Lipinski definition) is 4. The van der Waals surface area contributed by atoms with Crippen LogP contribution in [0.15, 0.2) is 70.9 Å². The van der Waals surface area contributed by atoms with Gasteiger partial charge in [0.2, 0.25) is 0 Å². The number of benzene rings is 2. The van der Waals surface area contributed by atoms with E-state index in [4.69, 9.17) is 4.74 Å². The smallest absolute Gasteiger partial charge is 0.432 e. The van der Waals surface area contributed by atoms with Gasteiger partial charge in [0.25, 0.3) is 0 Å². The number of allylic oxidation sites excluding steroid dienone is 3. The van der Waals surface area contributed by atoms with E-state index in [1.54, 1.807) is 12.1 Å². The van der Waals surface area contributed by atoms with Crippen molar-refractivity contribution in [2.45, 2.75) is 97.8 Å². The lowest BCUT2D eigenvalue weighted by atomic mass is 9.84. The van der Waals surface area contributed by atoms with Gasteiger partial charge in [-0.05, 0) is 94.2 Å². The molecule has 1 aliphatic carbocycles. The first-order valence-corrected chi connectivity index (χ1v) is 16.8. The quantitative estimate of drug-likeness (QED) is 0.0877. The Morgan fingerprint density at radius 1 is 1.06 bits per heavy atom. The molecule has 0 aromatic heterocycles. The largest absolute Gasteiger partial charge is 0.488 e. The molecule has 2 aromatic carbocycles. The summed E-state index contributed by atoms with van der Waals surface area (Å²) in [7, 11) is 1.14. The van der Waals surface area contributed by atoms with Crippen LogP contribution in [0, 0.1) is 12.8 Å². The summed E-state index contributed by atoms with van der Waals surface area (Å²) in [5, 5.41) is 9.56. The maximum Gasteiger partial charge on any atom is 0.432 e. The highest BCUT2D eigenvalue weighted by atomic mass is 19.4. The first kappa shape index (κ1) is 38.7. The molecule has 0 radical (unpaired) electrons. The number of amidine groups is 1. The number of hydrogen-bond donors (Lipinski definition) is 1. The van der Waals surface area contributed by atoms with Gasteiger partial charge in [0.1, 0.15) is 23.9 Å². The molecule has 12 heteroatoms. The maximum atomic E-state index is 14.2. The number of carboxylic acids is 1. The second-order valence-corrected chi connectivity index (χ2v) is 12.9. The van der Waals surface area contributed by atoms with Crippen molar-refractivity contribution in [2.24, 2.45) is 10.9 Å². The molecule has 1 saturated carbocycles. The van der Waals surface area contributed by atoms with Crippen molar-refractivity contribution < 1.29 is 41.0 Å². The van der Waals surface area contributed by atoms with E-state index in [1.165, 1.54) is 25.5 Å². The fraction of sp³-hybridized carbons (Fsp3) is 0.474. The summed E-state index contributed by atoms with van der Waals surface area (Å²) in [6.45, 7) is 8.30. The summed E-state index contributed by atoms with van der Waals surface area (Å²) < 4.78 is 88.3. The van der Waals surface area contributed by atoms with E-state index in [1.807, 2.05) is 38.1 Å². The molecular formula is C38H45F6N3O3. The molecule has 1 aliphatic heterocycles. The first-order valence-electron chi connectivity index (χ1n) is 16.8. The van der Waals surface area contributed by atoms with Crippen LogP contribution in [0.3, 0.4) is 0 Å². The molecule has 0 atom stereocenters. The van der Waals surface area contributed by atoms with Gasteiger partial charge in [-0.25, -0.2) is 9.79 Å². The number of aryl methyl sites for hydroxylation is 1. The van der Waals surface area contributed by atoms with Crippen LogP contribution in [-0.2, 0) is 24.4 Å². The van der Waals surface area contributed by atoms with E-state index in [-0.39, 0.29) is 31.3 Å². The van der Waals surface area contributed by atoms with Crippen LogP contribution in [0.25, 0.3) is 5.70 Å². The van der Waals surface area contributed by atoms with Crippen molar-refractivity contribution in [1.82, 2.24) is 9.80 Å². The number of aliphatic carboxylic acids is 1. The van der Waals surface area contributed by atoms with E-state index in [0.29, 0.717) is 42.8 Å². The monoisotopic (exact) mass is 705 g/mol. The fourth-order valence-corrected chi connectivity index (χ4v) is 6.69. The molecule has 6 nitrogen and oxygen atoms in total. The lowest BCUT2D eigenvalue weighted by Crippen LogP contribution is -2.42. The average Bonchev–Trinajstić information content (AvgIpc) is 3.05. The molecule has 4 rings (SSSR count). The predicted octanol–water partition coefficient (Wildman–Crippen LogP) is 9.63. The average molecular weight is 706 g/mol. The number of fused-ring (bicyclic) bond motifs is 1. The van der Waals surface area contributed by atoms with Gasteiger partial charge < -0.3 is 14.7 Å². The van der Waals surface area contributed by atoms with Gasteiger partial charge in [0.15, 0.2) is 0 Å². The molecule has 0 spiro atoms. The summed E-state index contributed by atoms with van der Waals surface area (Å²) in [6.07, 6.45) is -2.38. The Kier molecular flexibility index (Phi) is 12.6. The van der Waals surface area contributed by atoms with Crippen LogP contribution in [0.1, 0.15) is 80.7 Å². The molecule has 0 amide bonds. The summed E-state index contributed by atoms with van der Waals surface area (Å²) >= 11 is 0. The number of nitrogens with zero attached hydrogens (tertiary/aromatic N) is 3. The van der Waals surface area contributed by atoms with E-state index >= 15 is 0 Å². The minimum atomic E-state index is -4.96. The maximum absolute atomic E-state index is 14.2. The molecule has 1 fully saturated rings. The Morgan fingerprint density at radius 2 is 1.76 bits per heavy atom. The number of carboxylic acid groups (broad SMARTS) is 1. The van der Waals surface area contributed by atoms with E-state index in [9.17, 15) is 36.2 Å². The normalized spacial score (nSPS) is 20.1. The van der Waals surface area contributed by atoms with Crippen LogP contribution < -0.4 is 4.74 Å². The highest BCUT2D eigenvalue weighted by Gasteiger charge is 2.43. The molecule has 0 bridgehead atoms. The van der Waals surface area contributed by atoms with Gasteiger partial charge in [0.05, 0.1) is 17.2 Å². The number of ether oxygens (including phenoxy) is 1. The fourth-order valence-electron chi connectivity index (χ4n) is 6.69. The van der Waals surface area contributed by atoms with Crippen LogP contribution in [0.4, 0.5) is 26.3 Å². The summed E-state index contributed by atoms with van der Waals surface area (Å²) in [6, 6.07) is 11.8. The Labute approximate surface area is 289 Å². The van der Waals surface area contributed by atoms with Crippen molar-refractivity contribution in [1.29, 1.82) is 0 Å². The lowest BCUT2D eigenvalue weighted by Gasteiger charge is -2.40. The molecule has 272 valence electrons. The minimum absolute atomic E-state index is 0.0649. The second-order valence-electron chi connectivity index (χ2n) is 12.9. The highest BCUT2D eigenvalue weighted by molar-refractivity contribution is 5.94. The zero-order valence-electron chi connectivity index (χ0n) is 29.1. The van der Waals surface area contributed by atoms with Crippen molar-refractivity contribution in [3.63, 3.8) is 0 Å². The van der Waals surface area contributed by atoms with Gasteiger partial charge in [-0.15, -0.1) is 0 Å². The number of carbonyl (C=O) groups is 1. The molecule has 2 aliphatic rings. The number of halogens is 6. The van der Waals surface area contributed by atoms with Gasteiger partial charge in [-0.2, -0.15) is 26.3 Å². The van der Waals surface area contributed by atoms with Crippen LogP contribution in [-0.4, -0.2) is 58.7 Å². The van der Waals surface area contributed by atoms with Crippen LogP contribution in [0.2, 0.25) is 0 Å². The van der Waals surface area contributed by atoms with Gasteiger partial charge >= 0.3 is 18.3 Å². The third-order valence-corrected chi connectivity index (χ3v) is 9.38. The van der Waals surface area contributed by atoms with E-state index in [2.05, 4.69) is 16.0 Å². The molecular weight excluding hydrogens is 660 g/mol. The van der Waals surface area contributed by atoms with Crippen molar-refractivity contribution >= 4 is 17.5 Å². The van der Waals surface area contributed by atoms with E-state index in [0.717, 1.165) is 47.7 Å². The second kappa shape index (κ2) is 16.3. The third kappa shape index (κ3) is 9.58. The first-order chi connectivity index (χ1) is 23.5. The zero-order valence-corrected chi connectivity index (χ0v) is 29.1. The summed E-state index contributed by atoms with van der Waals surface area (Å²) in [5.74, 6) is -2.48. The van der Waals surface area contributed by atoms with Crippen molar-refractivity contribution in [3.8, 4) is 5.75 Å². The summed E-state index contributed by atoms with van der Waals surface area (Å²) in [5.41, 5.74) is 2.88. The topological polar surface area (TPSA) is 65.4 Å². The molecule has 1 N–H and O–H groups in total. The standard InChI is InChI=1S/C38H45F6N3O3/c1-6-8-31(36(48)49)35(38(42,43)44)46(5)25(4)45-33(9-7-2)32-20-24(3)10-17-34(32)50-23-26-11-12-28-22-47(19-18-27(28)21-26)30-15-13-29(14-16-30)37(39,40)41/h6,8-12,17,20-21,29-30H,7,13-16,18-19,22-23H2,1-5H3,(H,48,49).